The first-order valence-electron chi connectivity index (χ1n) is 11.9. The number of fused-ring (bicyclic) bond motifs is 1. The average molecular weight is 444 g/mol. The largest absolute Gasteiger partial charge is 0.493 e. The molecule has 0 radical (unpaired) electrons. The second-order valence-electron chi connectivity index (χ2n) is 6.40. The van der Waals surface area contributed by atoms with Crippen molar-refractivity contribution in [3.05, 3.63) is 36.5 Å². The number of benzene rings is 1. The topological polar surface area (TPSA) is 89.3 Å². The molecule has 3 heterocycles. The summed E-state index contributed by atoms with van der Waals surface area (Å²) in [7, 11) is 0. The van der Waals surface area contributed by atoms with Gasteiger partial charge in [-0.15, -0.1) is 0 Å². The van der Waals surface area contributed by atoms with Gasteiger partial charge in [0.25, 0.3) is 0 Å². The van der Waals surface area contributed by atoms with E-state index in [0.717, 1.165) is 67.2 Å². The van der Waals surface area contributed by atoms with Crippen LogP contribution in [0.25, 0.3) is 22.2 Å². The third-order valence-electron chi connectivity index (χ3n) is 4.58. The highest BCUT2D eigenvalue weighted by Crippen LogP contribution is 2.30. The zero-order valence-corrected chi connectivity index (χ0v) is 20.6. The van der Waals surface area contributed by atoms with Crippen molar-refractivity contribution in [1.82, 2.24) is 20.1 Å². The molecule has 32 heavy (non-hydrogen) atoms. The number of pyridine rings is 1. The van der Waals surface area contributed by atoms with E-state index in [4.69, 9.17) is 15.2 Å². The van der Waals surface area contributed by atoms with E-state index < -0.39 is 0 Å². The van der Waals surface area contributed by atoms with Crippen molar-refractivity contribution in [2.75, 3.05) is 45.2 Å². The van der Waals surface area contributed by atoms with Gasteiger partial charge in [0, 0.05) is 42.8 Å². The number of hydrogen-bond donors (Lipinski definition) is 2. The van der Waals surface area contributed by atoms with Gasteiger partial charge in [-0.3, -0.25) is 10.00 Å². The van der Waals surface area contributed by atoms with Gasteiger partial charge in [0.1, 0.15) is 11.6 Å². The number of hydrogen-bond acceptors (Lipinski definition) is 6. The van der Waals surface area contributed by atoms with E-state index in [1.165, 1.54) is 0 Å². The maximum absolute atomic E-state index is 6.02. The molecule has 1 saturated heterocycles. The number of anilines is 1. The first-order chi connectivity index (χ1) is 15.8. The third kappa shape index (κ3) is 8.13. The van der Waals surface area contributed by atoms with Crippen LogP contribution in [0.2, 0.25) is 0 Å². The molecule has 0 atom stereocenters. The van der Waals surface area contributed by atoms with Gasteiger partial charge in [-0.2, -0.15) is 5.10 Å². The van der Waals surface area contributed by atoms with Gasteiger partial charge >= 0.3 is 0 Å². The summed E-state index contributed by atoms with van der Waals surface area (Å²) in [6.07, 6.45) is 2.70. The highest BCUT2D eigenvalue weighted by atomic mass is 16.5. The molecular formula is C25H41N5O2. The van der Waals surface area contributed by atoms with E-state index in [-0.39, 0.29) is 0 Å². The zero-order chi connectivity index (χ0) is 23.8. The number of nitrogens with zero attached hydrogens (tertiary/aromatic N) is 3. The van der Waals surface area contributed by atoms with Crippen LogP contribution in [0.5, 0.6) is 5.75 Å². The quantitative estimate of drug-likeness (QED) is 0.497. The Kier molecular flexibility index (Phi) is 13.7. The molecule has 178 valence electrons. The van der Waals surface area contributed by atoms with Crippen molar-refractivity contribution in [1.29, 1.82) is 0 Å². The van der Waals surface area contributed by atoms with Crippen LogP contribution in [-0.4, -0.2) is 59.5 Å². The average Bonchev–Trinajstić information content (AvgIpc) is 3.41. The molecule has 1 aliphatic heterocycles. The molecule has 4 rings (SSSR count). The molecule has 0 saturated carbocycles. The van der Waals surface area contributed by atoms with E-state index in [2.05, 4.69) is 20.1 Å². The Morgan fingerprint density at radius 3 is 2.41 bits per heavy atom. The number of H-pyrrole nitrogens is 1. The van der Waals surface area contributed by atoms with Crippen LogP contribution in [0.4, 0.5) is 5.82 Å². The molecule has 0 amide bonds. The monoisotopic (exact) mass is 443 g/mol. The molecule has 0 unspecified atom stereocenters. The second kappa shape index (κ2) is 16.1. The molecule has 0 spiro atoms. The number of nitrogen functional groups attached to an aromatic ring is 1. The number of ether oxygens (including phenoxy) is 2. The zero-order valence-electron chi connectivity index (χ0n) is 20.6. The lowest BCUT2D eigenvalue weighted by Gasteiger charge is -2.26. The Bertz CT molecular complexity index is 862. The van der Waals surface area contributed by atoms with Crippen molar-refractivity contribution in [3.63, 3.8) is 0 Å². The number of rotatable bonds is 6. The fourth-order valence-corrected chi connectivity index (χ4v) is 3.21. The number of nitrogens with one attached hydrogen (secondary N) is 1. The fourth-order valence-electron chi connectivity index (χ4n) is 3.21. The maximum Gasteiger partial charge on any atom is 0.132 e. The summed E-state index contributed by atoms with van der Waals surface area (Å²) < 4.78 is 11.4. The minimum atomic E-state index is 0.461. The smallest absolute Gasteiger partial charge is 0.132 e. The highest BCUT2D eigenvalue weighted by Gasteiger charge is 2.11. The van der Waals surface area contributed by atoms with E-state index in [1.54, 1.807) is 12.3 Å². The number of nitrogens with two attached hydrogens (primary N) is 1. The summed E-state index contributed by atoms with van der Waals surface area (Å²) >= 11 is 0. The van der Waals surface area contributed by atoms with Gasteiger partial charge in [0.2, 0.25) is 0 Å². The van der Waals surface area contributed by atoms with E-state index >= 15 is 0 Å². The Hall–Kier alpha value is -2.64. The molecule has 0 bridgehead atoms. The summed E-state index contributed by atoms with van der Waals surface area (Å²) in [6.45, 7) is 17.3. The van der Waals surface area contributed by atoms with E-state index in [1.807, 2.05) is 65.8 Å². The van der Waals surface area contributed by atoms with Crippen molar-refractivity contribution in [2.45, 2.75) is 48.0 Å². The van der Waals surface area contributed by atoms with Gasteiger partial charge in [-0.1, -0.05) is 47.6 Å². The van der Waals surface area contributed by atoms with E-state index in [0.29, 0.717) is 12.4 Å². The van der Waals surface area contributed by atoms with Crippen molar-refractivity contribution in [3.8, 4) is 17.0 Å². The van der Waals surface area contributed by atoms with Crippen molar-refractivity contribution < 1.29 is 9.47 Å². The Labute approximate surface area is 193 Å². The predicted molar refractivity (Wildman–Crippen MR) is 135 cm³/mol. The minimum Gasteiger partial charge on any atom is -0.493 e. The van der Waals surface area contributed by atoms with Gasteiger partial charge in [0.15, 0.2) is 0 Å². The van der Waals surface area contributed by atoms with Crippen LogP contribution in [-0.2, 0) is 4.74 Å². The maximum atomic E-state index is 6.02. The Morgan fingerprint density at radius 1 is 1.03 bits per heavy atom. The Morgan fingerprint density at radius 2 is 1.75 bits per heavy atom. The lowest BCUT2D eigenvalue weighted by atomic mass is 10.1. The second-order valence-corrected chi connectivity index (χ2v) is 6.40. The lowest BCUT2D eigenvalue weighted by molar-refractivity contribution is 0.0358. The van der Waals surface area contributed by atoms with Gasteiger partial charge in [-0.05, 0) is 24.6 Å². The first-order valence-corrected chi connectivity index (χ1v) is 11.9. The summed E-state index contributed by atoms with van der Waals surface area (Å²) in [5, 5.41) is 7.93. The summed E-state index contributed by atoms with van der Waals surface area (Å²) in [5.41, 5.74) is 8.77. The van der Waals surface area contributed by atoms with Crippen LogP contribution < -0.4 is 10.5 Å². The number of aromatic nitrogens is 3. The number of morpholine rings is 1. The molecule has 2 aromatic heterocycles. The van der Waals surface area contributed by atoms with Gasteiger partial charge < -0.3 is 15.2 Å². The van der Waals surface area contributed by atoms with Crippen LogP contribution in [0, 0.1) is 0 Å². The standard InChI is InChI=1S/C19H23N5O2.3C2H6/c20-19-13-18(26-9-1-6-24-7-10-25-11-8-24)15-3-2-14(12-17(15)22-19)16-4-5-21-23-16;3*1-2/h2-5,12-13H,1,6-11H2,(H2,20,22)(H,21,23);3*1-2H3. The van der Waals surface area contributed by atoms with E-state index in [9.17, 15) is 0 Å². The normalized spacial score (nSPS) is 13.1. The highest BCUT2D eigenvalue weighted by molar-refractivity contribution is 5.89. The summed E-state index contributed by atoms with van der Waals surface area (Å²) in [4.78, 5) is 6.86. The SMILES string of the molecule is CC.CC.CC.Nc1cc(OCCCN2CCOCC2)c2ccc(-c3ccn[nH]3)cc2n1. The summed E-state index contributed by atoms with van der Waals surface area (Å²) in [6, 6.07) is 9.78. The lowest BCUT2D eigenvalue weighted by Crippen LogP contribution is -2.37. The van der Waals surface area contributed by atoms with Crippen molar-refractivity contribution >= 4 is 16.7 Å². The van der Waals surface area contributed by atoms with Crippen LogP contribution in [0.3, 0.4) is 0 Å². The van der Waals surface area contributed by atoms with Crippen molar-refractivity contribution in [2.24, 2.45) is 0 Å². The first kappa shape index (κ1) is 27.4. The molecule has 3 aromatic rings. The van der Waals surface area contributed by atoms with Crippen LogP contribution in [0.1, 0.15) is 48.0 Å². The molecule has 7 nitrogen and oxygen atoms in total. The number of aromatic amines is 1. The Balaban J connectivity index is 0.000000789. The van der Waals surface area contributed by atoms with Gasteiger partial charge in [0.05, 0.1) is 31.0 Å². The molecular weight excluding hydrogens is 402 g/mol. The predicted octanol–water partition coefficient (Wildman–Crippen LogP) is 5.39. The fraction of sp³-hybridized carbons (Fsp3) is 0.520. The van der Waals surface area contributed by atoms with Crippen LogP contribution in [0.15, 0.2) is 36.5 Å². The van der Waals surface area contributed by atoms with Crippen LogP contribution >= 0.6 is 0 Å². The molecule has 7 heteroatoms. The third-order valence-corrected chi connectivity index (χ3v) is 4.58. The molecule has 1 aromatic carbocycles. The molecule has 0 aliphatic carbocycles. The molecule has 1 aliphatic rings. The summed E-state index contributed by atoms with van der Waals surface area (Å²) in [5.74, 6) is 1.24. The minimum absolute atomic E-state index is 0.461. The molecule has 3 N–H and O–H groups in total. The van der Waals surface area contributed by atoms with Gasteiger partial charge in [-0.25, -0.2) is 4.98 Å². The molecule has 1 fully saturated rings.